The van der Waals surface area contributed by atoms with Crippen LogP contribution in [0.25, 0.3) is 0 Å². The molecule has 0 saturated carbocycles. The van der Waals surface area contributed by atoms with E-state index in [4.69, 9.17) is 16.9 Å². The lowest BCUT2D eigenvalue weighted by Gasteiger charge is -2.07. The summed E-state index contributed by atoms with van der Waals surface area (Å²) in [7, 11) is 0. The molecule has 2 aromatic rings. The predicted octanol–water partition coefficient (Wildman–Crippen LogP) is 3.81. The van der Waals surface area contributed by atoms with Gasteiger partial charge in [0.05, 0.1) is 11.6 Å². The van der Waals surface area contributed by atoms with Crippen LogP contribution in [-0.2, 0) is 13.1 Å². The number of halogens is 1. The van der Waals surface area contributed by atoms with Crippen molar-refractivity contribution in [2.75, 3.05) is 0 Å². The lowest BCUT2D eigenvalue weighted by molar-refractivity contribution is 0.693. The zero-order valence-corrected chi connectivity index (χ0v) is 11.5. The lowest BCUT2D eigenvalue weighted by atomic mass is 10.1. The zero-order valence-electron chi connectivity index (χ0n) is 10.8. The second kappa shape index (κ2) is 6.38. The number of benzene rings is 2. The van der Waals surface area contributed by atoms with E-state index in [0.717, 1.165) is 12.1 Å². The minimum atomic E-state index is 0.590. The molecule has 0 spiro atoms. The smallest absolute Gasteiger partial charge is 0.0992 e. The van der Waals surface area contributed by atoms with Crippen molar-refractivity contribution in [2.24, 2.45) is 0 Å². The van der Waals surface area contributed by atoms with Crippen LogP contribution < -0.4 is 5.32 Å². The van der Waals surface area contributed by atoms with Crippen LogP contribution >= 0.6 is 11.6 Å². The van der Waals surface area contributed by atoms with Crippen LogP contribution in [0.4, 0.5) is 0 Å². The molecule has 0 aliphatic carbocycles. The molecule has 0 aliphatic rings. The molecule has 3 heteroatoms. The maximum atomic E-state index is 8.78. The van der Waals surface area contributed by atoms with Gasteiger partial charge in [-0.3, -0.25) is 0 Å². The topological polar surface area (TPSA) is 35.8 Å². The standard InChI is InChI=1S/C16H15ClN2/c1-12-3-2-4-14(7-12)10-19-11-15-6-5-13(9-18)8-16(15)17/h2-8,19H,10-11H2,1H3. The van der Waals surface area contributed by atoms with Gasteiger partial charge in [0.15, 0.2) is 0 Å². The van der Waals surface area contributed by atoms with E-state index in [-0.39, 0.29) is 0 Å². The van der Waals surface area contributed by atoms with E-state index in [2.05, 4.69) is 42.6 Å². The first kappa shape index (κ1) is 13.6. The Bertz CT molecular complexity index is 614. The van der Waals surface area contributed by atoms with Gasteiger partial charge in [-0.1, -0.05) is 47.5 Å². The molecule has 2 aromatic carbocycles. The van der Waals surface area contributed by atoms with Gasteiger partial charge in [-0.15, -0.1) is 0 Å². The van der Waals surface area contributed by atoms with Crippen molar-refractivity contribution in [1.82, 2.24) is 5.32 Å². The third kappa shape index (κ3) is 3.82. The summed E-state index contributed by atoms with van der Waals surface area (Å²) in [6.45, 7) is 3.58. The molecule has 0 atom stereocenters. The fraction of sp³-hybridized carbons (Fsp3) is 0.188. The van der Waals surface area contributed by atoms with Gasteiger partial charge in [0.2, 0.25) is 0 Å². The molecule has 0 amide bonds. The van der Waals surface area contributed by atoms with Gasteiger partial charge < -0.3 is 5.32 Å². The summed E-state index contributed by atoms with van der Waals surface area (Å²) < 4.78 is 0. The van der Waals surface area contributed by atoms with Crippen LogP contribution in [0.15, 0.2) is 42.5 Å². The molecule has 0 aromatic heterocycles. The van der Waals surface area contributed by atoms with Gasteiger partial charge in [-0.25, -0.2) is 0 Å². The van der Waals surface area contributed by atoms with Crippen molar-refractivity contribution in [3.05, 3.63) is 69.7 Å². The predicted molar refractivity (Wildman–Crippen MR) is 77.9 cm³/mol. The maximum absolute atomic E-state index is 8.78. The number of aryl methyl sites for hydroxylation is 1. The molecular formula is C16H15ClN2. The first-order valence-electron chi connectivity index (χ1n) is 6.14. The largest absolute Gasteiger partial charge is 0.309 e. The highest BCUT2D eigenvalue weighted by Crippen LogP contribution is 2.17. The van der Waals surface area contributed by atoms with Crippen molar-refractivity contribution in [3.63, 3.8) is 0 Å². The van der Waals surface area contributed by atoms with Crippen LogP contribution in [0, 0.1) is 18.3 Å². The van der Waals surface area contributed by atoms with Gasteiger partial charge in [0.1, 0.15) is 0 Å². The molecule has 0 heterocycles. The molecule has 0 bridgehead atoms. The Morgan fingerprint density at radius 3 is 2.68 bits per heavy atom. The van der Waals surface area contributed by atoms with Crippen molar-refractivity contribution in [2.45, 2.75) is 20.0 Å². The van der Waals surface area contributed by atoms with E-state index in [1.807, 2.05) is 6.07 Å². The number of rotatable bonds is 4. The van der Waals surface area contributed by atoms with Crippen LogP contribution in [0.3, 0.4) is 0 Å². The quantitative estimate of drug-likeness (QED) is 0.917. The van der Waals surface area contributed by atoms with E-state index < -0.39 is 0 Å². The molecule has 0 fully saturated rings. The fourth-order valence-corrected chi connectivity index (χ4v) is 2.17. The first-order chi connectivity index (χ1) is 9.19. The van der Waals surface area contributed by atoms with E-state index in [0.29, 0.717) is 17.1 Å². The Morgan fingerprint density at radius 2 is 2.00 bits per heavy atom. The fourth-order valence-electron chi connectivity index (χ4n) is 1.92. The number of hydrogen-bond donors (Lipinski definition) is 1. The Morgan fingerprint density at radius 1 is 1.16 bits per heavy atom. The summed E-state index contributed by atoms with van der Waals surface area (Å²) in [6, 6.07) is 15.9. The molecule has 2 rings (SSSR count). The Labute approximate surface area is 118 Å². The van der Waals surface area contributed by atoms with Gasteiger partial charge in [-0.05, 0) is 30.2 Å². The zero-order chi connectivity index (χ0) is 13.7. The van der Waals surface area contributed by atoms with Crippen LogP contribution in [-0.4, -0.2) is 0 Å². The Balaban J connectivity index is 1.94. The second-order valence-electron chi connectivity index (χ2n) is 4.51. The Hall–Kier alpha value is -1.82. The highest BCUT2D eigenvalue weighted by atomic mass is 35.5. The van der Waals surface area contributed by atoms with Crippen molar-refractivity contribution >= 4 is 11.6 Å². The minimum absolute atomic E-state index is 0.590. The van der Waals surface area contributed by atoms with E-state index in [1.54, 1.807) is 12.1 Å². The number of nitriles is 1. The third-order valence-corrected chi connectivity index (χ3v) is 3.26. The monoisotopic (exact) mass is 270 g/mol. The van der Waals surface area contributed by atoms with Crippen molar-refractivity contribution < 1.29 is 0 Å². The maximum Gasteiger partial charge on any atom is 0.0992 e. The highest BCUT2D eigenvalue weighted by molar-refractivity contribution is 6.31. The molecule has 1 N–H and O–H groups in total. The first-order valence-corrected chi connectivity index (χ1v) is 6.51. The number of nitrogens with zero attached hydrogens (tertiary/aromatic N) is 1. The van der Waals surface area contributed by atoms with Crippen molar-refractivity contribution in [3.8, 4) is 6.07 Å². The second-order valence-corrected chi connectivity index (χ2v) is 4.92. The highest BCUT2D eigenvalue weighted by Gasteiger charge is 2.01. The molecule has 0 saturated heterocycles. The van der Waals surface area contributed by atoms with Crippen LogP contribution in [0.5, 0.6) is 0 Å². The average molecular weight is 271 g/mol. The summed E-state index contributed by atoms with van der Waals surface area (Å²) in [4.78, 5) is 0. The van der Waals surface area contributed by atoms with Gasteiger partial charge in [0, 0.05) is 18.1 Å². The molecule has 96 valence electrons. The van der Waals surface area contributed by atoms with Gasteiger partial charge >= 0.3 is 0 Å². The van der Waals surface area contributed by atoms with E-state index in [9.17, 15) is 0 Å². The van der Waals surface area contributed by atoms with Crippen LogP contribution in [0.2, 0.25) is 5.02 Å². The number of nitrogens with one attached hydrogen (secondary N) is 1. The summed E-state index contributed by atoms with van der Waals surface area (Å²) >= 11 is 6.12. The number of hydrogen-bond acceptors (Lipinski definition) is 2. The summed E-state index contributed by atoms with van der Waals surface area (Å²) in [5.74, 6) is 0. The van der Waals surface area contributed by atoms with Gasteiger partial charge in [-0.2, -0.15) is 5.26 Å². The molecule has 0 aliphatic heterocycles. The SMILES string of the molecule is Cc1cccc(CNCc2ccc(C#N)cc2Cl)c1. The third-order valence-electron chi connectivity index (χ3n) is 2.91. The lowest BCUT2D eigenvalue weighted by Crippen LogP contribution is -2.13. The molecule has 19 heavy (non-hydrogen) atoms. The van der Waals surface area contributed by atoms with Crippen molar-refractivity contribution in [1.29, 1.82) is 5.26 Å². The van der Waals surface area contributed by atoms with Gasteiger partial charge in [0.25, 0.3) is 0 Å². The molecule has 2 nitrogen and oxygen atoms in total. The minimum Gasteiger partial charge on any atom is -0.309 e. The molecule has 0 unspecified atom stereocenters. The summed E-state index contributed by atoms with van der Waals surface area (Å²) in [6.07, 6.45) is 0. The molecule has 0 radical (unpaired) electrons. The average Bonchev–Trinajstić information content (AvgIpc) is 2.40. The van der Waals surface area contributed by atoms with E-state index >= 15 is 0 Å². The van der Waals surface area contributed by atoms with E-state index in [1.165, 1.54) is 11.1 Å². The molecular weight excluding hydrogens is 256 g/mol. The summed E-state index contributed by atoms with van der Waals surface area (Å²) in [5.41, 5.74) is 4.11. The normalized spacial score (nSPS) is 10.2. The summed E-state index contributed by atoms with van der Waals surface area (Å²) in [5, 5.41) is 12.8. The van der Waals surface area contributed by atoms with Crippen LogP contribution in [0.1, 0.15) is 22.3 Å². The Kier molecular flexibility index (Phi) is 4.57.